The van der Waals surface area contributed by atoms with Crippen molar-refractivity contribution in [1.29, 1.82) is 0 Å². The van der Waals surface area contributed by atoms with Gasteiger partial charge in [0.1, 0.15) is 17.3 Å². The zero-order valence-electron chi connectivity index (χ0n) is 44.5. The number of fused-ring (bicyclic) bond motifs is 3. The predicted molar refractivity (Wildman–Crippen MR) is 299 cm³/mol. The molecule has 0 spiro atoms. The zero-order valence-corrected chi connectivity index (χ0v) is 44.5. The van der Waals surface area contributed by atoms with Gasteiger partial charge in [-0.2, -0.15) is 0 Å². The van der Waals surface area contributed by atoms with Gasteiger partial charge in [0.25, 0.3) is 0 Å². The van der Waals surface area contributed by atoms with Crippen LogP contribution in [0.2, 0.25) is 0 Å². The molecule has 360 valence electrons. The largest absolute Gasteiger partial charge is 0.457 e. The molecule has 0 amide bonds. The molecular formula is C65H74N4O. The van der Waals surface area contributed by atoms with Gasteiger partial charge in [0.2, 0.25) is 0 Å². The third-order valence-corrected chi connectivity index (χ3v) is 14.6. The SMILES string of the molecule is CC(C)c1cccc(C(C)C)c1-c1cc(Oc2cc(C(C)(C)C)c3c4ccccc4n(-c4cc(C(C)(C)C)ccn4)c3c2)cc(N2C=CN(c3cc(C(C)(C)C)cc(C(C)(C)c4ccccc4)c3)C2)c1. The van der Waals surface area contributed by atoms with E-state index < -0.39 is 0 Å². The average Bonchev–Trinajstić information content (AvgIpc) is 3.94. The van der Waals surface area contributed by atoms with Gasteiger partial charge in [-0.1, -0.05) is 177 Å². The maximum atomic E-state index is 7.31. The summed E-state index contributed by atoms with van der Waals surface area (Å²) in [4.78, 5) is 9.78. The molecule has 3 heterocycles. The maximum absolute atomic E-state index is 7.31. The van der Waals surface area contributed by atoms with Crippen LogP contribution in [0, 0.1) is 0 Å². The molecule has 8 aromatic rings. The van der Waals surface area contributed by atoms with Crippen LogP contribution in [0.1, 0.15) is 155 Å². The molecule has 0 N–H and O–H groups in total. The molecule has 0 fully saturated rings. The molecule has 0 aliphatic carbocycles. The summed E-state index contributed by atoms with van der Waals surface area (Å²) in [7, 11) is 0. The molecule has 0 unspecified atom stereocenters. The molecule has 5 heteroatoms. The topological polar surface area (TPSA) is 33.5 Å². The van der Waals surface area contributed by atoms with Gasteiger partial charge < -0.3 is 14.5 Å². The number of anilines is 2. The van der Waals surface area contributed by atoms with Gasteiger partial charge in [0, 0.05) is 58.3 Å². The Balaban J connectivity index is 1.20. The second-order valence-electron chi connectivity index (χ2n) is 23.9. The molecule has 5 nitrogen and oxygen atoms in total. The molecular weight excluding hydrogens is 853 g/mol. The molecule has 0 saturated heterocycles. The molecule has 2 aromatic heterocycles. The van der Waals surface area contributed by atoms with E-state index in [1.165, 1.54) is 61.0 Å². The van der Waals surface area contributed by atoms with Crippen molar-refractivity contribution < 1.29 is 4.74 Å². The molecule has 6 aromatic carbocycles. The van der Waals surface area contributed by atoms with Crippen LogP contribution >= 0.6 is 0 Å². The summed E-state index contributed by atoms with van der Waals surface area (Å²) in [5.41, 5.74) is 15.6. The Hall–Kier alpha value is -6.59. The molecule has 9 rings (SSSR count). The number of aromatic nitrogens is 2. The Labute approximate surface area is 418 Å². The van der Waals surface area contributed by atoms with E-state index in [-0.39, 0.29) is 21.7 Å². The molecule has 0 saturated carbocycles. The highest BCUT2D eigenvalue weighted by molar-refractivity contribution is 6.11. The van der Waals surface area contributed by atoms with Crippen molar-refractivity contribution in [3.05, 3.63) is 191 Å². The summed E-state index contributed by atoms with van der Waals surface area (Å²) < 4.78 is 9.65. The van der Waals surface area contributed by atoms with Crippen molar-refractivity contribution in [1.82, 2.24) is 9.55 Å². The first-order valence-electron chi connectivity index (χ1n) is 25.4. The van der Waals surface area contributed by atoms with Crippen LogP contribution in [-0.4, -0.2) is 16.2 Å². The molecule has 70 heavy (non-hydrogen) atoms. The Bertz CT molecular complexity index is 3230. The van der Waals surface area contributed by atoms with Crippen LogP contribution in [0.15, 0.2) is 152 Å². The smallest absolute Gasteiger partial charge is 0.137 e. The van der Waals surface area contributed by atoms with E-state index >= 15 is 0 Å². The van der Waals surface area contributed by atoms with E-state index in [0.29, 0.717) is 18.5 Å². The second-order valence-corrected chi connectivity index (χ2v) is 23.9. The Morgan fingerprint density at radius 2 is 1.10 bits per heavy atom. The van der Waals surface area contributed by atoms with Gasteiger partial charge in [-0.15, -0.1) is 0 Å². The number of ether oxygens (including phenoxy) is 1. The quantitative estimate of drug-likeness (QED) is 0.137. The van der Waals surface area contributed by atoms with Crippen LogP contribution in [0.3, 0.4) is 0 Å². The number of hydrogen-bond donors (Lipinski definition) is 0. The third-order valence-electron chi connectivity index (χ3n) is 14.6. The summed E-state index contributed by atoms with van der Waals surface area (Å²) >= 11 is 0. The molecule has 1 aliphatic rings. The van der Waals surface area contributed by atoms with Gasteiger partial charge in [-0.3, -0.25) is 4.57 Å². The minimum Gasteiger partial charge on any atom is -0.457 e. The van der Waals surface area contributed by atoms with Crippen LogP contribution in [0.25, 0.3) is 38.8 Å². The average molecular weight is 927 g/mol. The first-order valence-corrected chi connectivity index (χ1v) is 25.4. The van der Waals surface area contributed by atoms with Crippen LogP contribution < -0.4 is 14.5 Å². The van der Waals surface area contributed by atoms with Crippen LogP contribution in [-0.2, 0) is 21.7 Å². The Morgan fingerprint density at radius 1 is 0.500 bits per heavy atom. The van der Waals surface area contributed by atoms with Gasteiger partial charge >= 0.3 is 0 Å². The highest BCUT2D eigenvalue weighted by Crippen LogP contribution is 2.46. The monoisotopic (exact) mass is 927 g/mol. The molecule has 0 atom stereocenters. The molecule has 0 bridgehead atoms. The number of para-hydroxylation sites is 1. The molecule has 1 aliphatic heterocycles. The predicted octanol–water partition coefficient (Wildman–Crippen LogP) is 17.9. The summed E-state index contributed by atoms with van der Waals surface area (Å²) in [6.45, 7) is 35.2. The number of pyridine rings is 1. The summed E-state index contributed by atoms with van der Waals surface area (Å²) in [6.07, 6.45) is 6.42. The Kier molecular flexibility index (Phi) is 12.4. The van der Waals surface area contributed by atoms with E-state index in [0.717, 1.165) is 39.6 Å². The summed E-state index contributed by atoms with van der Waals surface area (Å²) in [6, 6.07) is 49.5. The van der Waals surface area contributed by atoms with E-state index in [4.69, 9.17) is 9.72 Å². The van der Waals surface area contributed by atoms with E-state index in [9.17, 15) is 0 Å². The summed E-state index contributed by atoms with van der Waals surface area (Å²) in [5.74, 6) is 3.16. The number of rotatable bonds is 10. The van der Waals surface area contributed by atoms with Gasteiger partial charge in [-0.05, 0) is 127 Å². The Morgan fingerprint density at radius 3 is 1.73 bits per heavy atom. The van der Waals surface area contributed by atoms with Gasteiger partial charge in [0.15, 0.2) is 0 Å². The highest BCUT2D eigenvalue weighted by Gasteiger charge is 2.30. The lowest BCUT2D eigenvalue weighted by molar-refractivity contribution is 0.480. The fraction of sp³-hybridized carbons (Fsp3) is 0.338. The van der Waals surface area contributed by atoms with Crippen molar-refractivity contribution in [2.24, 2.45) is 0 Å². The van der Waals surface area contributed by atoms with Crippen molar-refractivity contribution in [2.45, 2.75) is 137 Å². The zero-order chi connectivity index (χ0) is 50.1. The number of nitrogens with zero attached hydrogens (tertiary/aromatic N) is 4. The first-order chi connectivity index (χ1) is 33.0. The van der Waals surface area contributed by atoms with Crippen molar-refractivity contribution in [2.75, 3.05) is 16.5 Å². The van der Waals surface area contributed by atoms with Crippen LogP contribution in [0.5, 0.6) is 11.5 Å². The normalized spacial score (nSPS) is 13.7. The maximum Gasteiger partial charge on any atom is 0.137 e. The molecule has 0 radical (unpaired) electrons. The van der Waals surface area contributed by atoms with Crippen LogP contribution in [0.4, 0.5) is 11.4 Å². The van der Waals surface area contributed by atoms with E-state index in [2.05, 4.69) is 264 Å². The fourth-order valence-electron chi connectivity index (χ4n) is 10.3. The standard InChI is InChI=1S/C65H74N4O/c1-42(2)53-25-21-26-54(43(3)4)60(53)44-32-49(67-30-31-68(41-67)50-35-47(63(8,9)10)34-48(36-50)65(14,15)45-22-17-16-18-23-45)38-51(33-44)70-52-39-56(64(11,12)13)61-55-24-19-20-27-57(55)69(58(61)40-52)59-37-46(28-29-66-59)62(5,6)7/h16-40,42-43H,41H2,1-15H3. The van der Waals surface area contributed by atoms with E-state index in [1.807, 2.05) is 6.20 Å². The van der Waals surface area contributed by atoms with E-state index in [1.54, 1.807) is 0 Å². The van der Waals surface area contributed by atoms with Gasteiger partial charge in [-0.25, -0.2) is 4.98 Å². The van der Waals surface area contributed by atoms with Crippen molar-refractivity contribution in [3.63, 3.8) is 0 Å². The van der Waals surface area contributed by atoms with Crippen molar-refractivity contribution >= 4 is 33.2 Å². The lowest BCUT2D eigenvalue weighted by atomic mass is 9.75. The lowest BCUT2D eigenvalue weighted by Crippen LogP contribution is -2.26. The van der Waals surface area contributed by atoms with Gasteiger partial charge in [0.05, 0.1) is 17.7 Å². The highest BCUT2D eigenvalue weighted by atomic mass is 16.5. The number of benzene rings is 6. The minimum atomic E-state index is -0.188. The second kappa shape index (κ2) is 18.0. The number of hydrogen-bond acceptors (Lipinski definition) is 4. The summed E-state index contributed by atoms with van der Waals surface area (Å²) in [5, 5.41) is 2.44. The van der Waals surface area contributed by atoms with Crippen molar-refractivity contribution in [3.8, 4) is 28.4 Å². The first kappa shape index (κ1) is 48.4. The minimum absolute atomic E-state index is 0.0314. The lowest BCUT2D eigenvalue weighted by Gasteiger charge is -2.31. The fourth-order valence-corrected chi connectivity index (χ4v) is 10.3. The third kappa shape index (κ3) is 9.28.